The molecule has 0 aromatic heterocycles. The maximum absolute atomic E-state index is 12.9. The predicted octanol–water partition coefficient (Wildman–Crippen LogP) is 26.8. The van der Waals surface area contributed by atoms with Gasteiger partial charge in [0, 0.05) is 12.8 Å². The van der Waals surface area contributed by atoms with Crippen molar-refractivity contribution in [3.8, 4) is 0 Å². The highest BCUT2D eigenvalue weighted by Crippen LogP contribution is 2.43. The summed E-state index contributed by atoms with van der Waals surface area (Å²) in [7, 11) is 1.47. The Morgan fingerprint density at radius 1 is 0.337 bits per heavy atom. The Morgan fingerprint density at radius 2 is 0.600 bits per heavy atom. The number of esters is 2. The van der Waals surface area contributed by atoms with Gasteiger partial charge in [0.1, 0.15) is 19.8 Å². The lowest BCUT2D eigenvalue weighted by molar-refractivity contribution is -0.870. The molecule has 0 spiro atoms. The van der Waals surface area contributed by atoms with Crippen LogP contribution in [0.25, 0.3) is 0 Å². The molecule has 0 amide bonds. The lowest BCUT2D eigenvalue weighted by Gasteiger charge is -2.24. The third-order valence-corrected chi connectivity index (χ3v) is 18.6. The molecule has 10 heteroatoms. The highest BCUT2D eigenvalue weighted by atomic mass is 31.2. The van der Waals surface area contributed by atoms with Crippen molar-refractivity contribution in [3.05, 3.63) is 109 Å². The lowest BCUT2D eigenvalue weighted by atomic mass is 10.0. The molecule has 0 heterocycles. The number of unbranched alkanes of at least 4 members (excludes halogenated alkanes) is 42. The van der Waals surface area contributed by atoms with Gasteiger partial charge in [0.25, 0.3) is 0 Å². The normalized spacial score (nSPS) is 13.6. The van der Waals surface area contributed by atoms with Gasteiger partial charge in [-0.05, 0) is 83.5 Å². The summed E-state index contributed by atoms with van der Waals surface area (Å²) in [6.45, 7) is 4.35. The van der Waals surface area contributed by atoms with Gasteiger partial charge >= 0.3 is 19.8 Å². The summed E-state index contributed by atoms with van der Waals surface area (Å²) < 4.78 is 34.8. The third-order valence-electron chi connectivity index (χ3n) is 17.6. The highest BCUT2D eigenvalue weighted by Gasteiger charge is 2.27. The van der Waals surface area contributed by atoms with Gasteiger partial charge in [0.15, 0.2) is 6.10 Å². The number of nitrogens with zero attached hydrogens (tertiary/aromatic N) is 1. The summed E-state index contributed by atoms with van der Waals surface area (Å²) in [6, 6.07) is 0. The van der Waals surface area contributed by atoms with Crippen LogP contribution in [0.3, 0.4) is 0 Å². The first-order valence-corrected chi connectivity index (χ1v) is 41.6. The fourth-order valence-electron chi connectivity index (χ4n) is 11.5. The SMILES string of the molecule is CC/C=C\C/C=C\C/C=C\C/C=C\C/C=C\C/C=C\C/C=C\C/C=C\C/C=C\CCCCCCCCCC(=O)OC(COC(=O)CCCCCCCCCCCCCCCCCCCCCCCCCCCCCCCCCCCCCC)COP(=O)(O)OCC[N+](C)(C)C. The Hall–Kier alpha value is -3.33. The molecule has 0 aliphatic carbocycles. The minimum Gasteiger partial charge on any atom is -0.462 e. The average Bonchev–Trinajstić information content (AvgIpc) is 2.16. The van der Waals surface area contributed by atoms with Crippen molar-refractivity contribution >= 4 is 19.8 Å². The quantitative estimate of drug-likeness (QED) is 0.0211. The van der Waals surface area contributed by atoms with Gasteiger partial charge in [0.2, 0.25) is 0 Å². The van der Waals surface area contributed by atoms with E-state index in [1.807, 2.05) is 21.1 Å². The number of likely N-dealkylation sites (N-methyl/N-ethyl adjacent to an activating group) is 1. The molecule has 0 aromatic rings. The second-order valence-corrected chi connectivity index (χ2v) is 29.5. The lowest BCUT2D eigenvalue weighted by Crippen LogP contribution is -2.37. The van der Waals surface area contributed by atoms with Crippen LogP contribution in [-0.2, 0) is 32.7 Å². The molecule has 9 nitrogen and oxygen atoms in total. The Balaban J connectivity index is 4.00. The molecule has 0 aliphatic heterocycles. The van der Waals surface area contributed by atoms with Crippen LogP contribution < -0.4 is 0 Å². The first-order chi connectivity index (χ1) is 46.5. The second-order valence-electron chi connectivity index (χ2n) is 28.1. The molecular formula is C85H153NO8P+. The standard InChI is InChI=1S/C85H152NO8P/c1-6-8-10-12-14-16-18-20-22-24-26-28-30-32-34-36-38-40-42-44-45-47-49-51-53-55-57-59-61-63-65-67-69-71-73-75-77-84(87)91-81-83(82-93-95(89,90)92-80-79-86(3,4)5)94-85(88)78-76-74-72-70-68-66-64-62-60-58-56-54-52-50-48-46-43-41-39-37-35-33-31-29-27-25-23-21-19-17-15-13-11-9-7-2/h9,11,15,17,21,23,27,29,33,35,39,41,46,48,52,54,58,60,83H,6-8,10,12-14,16,18-20,22,24-26,28,30-32,34,36-38,40,42-45,47,49-51,53,55-57,59,61-82H2,1-5H3/p+1/b11-9-,17-15-,23-21-,29-27-,35-33-,41-39-,48-46-,54-52-,60-58-. The third kappa shape index (κ3) is 79.5. The van der Waals surface area contributed by atoms with E-state index in [1.165, 1.54) is 231 Å². The fourth-order valence-corrected chi connectivity index (χ4v) is 12.2. The predicted molar refractivity (Wildman–Crippen MR) is 413 cm³/mol. The maximum atomic E-state index is 12.9. The van der Waals surface area contributed by atoms with Crippen LogP contribution in [-0.4, -0.2) is 74.9 Å². The number of phosphoric ester groups is 1. The van der Waals surface area contributed by atoms with Crippen LogP contribution in [0.2, 0.25) is 0 Å². The zero-order valence-corrected chi connectivity index (χ0v) is 63.8. The monoisotopic (exact) mass is 1350 g/mol. The fraction of sp³-hybridized carbons (Fsp3) is 0.765. The Morgan fingerprint density at radius 3 is 0.895 bits per heavy atom. The summed E-state index contributed by atoms with van der Waals surface area (Å²) in [5, 5.41) is 0. The van der Waals surface area contributed by atoms with Crippen LogP contribution in [0.4, 0.5) is 0 Å². The van der Waals surface area contributed by atoms with Crippen molar-refractivity contribution in [2.75, 3.05) is 47.5 Å². The first kappa shape index (κ1) is 91.7. The molecule has 0 fully saturated rings. The Kier molecular flexibility index (Phi) is 72.3. The minimum atomic E-state index is -4.40. The molecule has 0 rings (SSSR count). The molecule has 550 valence electrons. The smallest absolute Gasteiger partial charge is 0.462 e. The summed E-state index contributed by atoms with van der Waals surface area (Å²) >= 11 is 0. The summed E-state index contributed by atoms with van der Waals surface area (Å²) in [5.74, 6) is -0.801. The van der Waals surface area contributed by atoms with E-state index in [2.05, 4.69) is 123 Å². The highest BCUT2D eigenvalue weighted by molar-refractivity contribution is 7.47. The van der Waals surface area contributed by atoms with Crippen molar-refractivity contribution in [2.24, 2.45) is 0 Å². The number of allylic oxidation sites excluding steroid dienone is 18. The molecule has 1 N–H and O–H groups in total. The number of carbonyl (C=O) groups is 2. The zero-order chi connectivity index (χ0) is 69.0. The number of quaternary nitrogens is 1. The molecule has 0 aromatic carbocycles. The van der Waals surface area contributed by atoms with Gasteiger partial charge < -0.3 is 18.9 Å². The van der Waals surface area contributed by atoms with Gasteiger partial charge in [0.05, 0.1) is 27.7 Å². The van der Waals surface area contributed by atoms with Crippen LogP contribution >= 0.6 is 7.82 Å². The van der Waals surface area contributed by atoms with Crippen molar-refractivity contribution in [3.63, 3.8) is 0 Å². The van der Waals surface area contributed by atoms with Gasteiger partial charge in [-0.3, -0.25) is 18.6 Å². The summed E-state index contributed by atoms with van der Waals surface area (Å²) in [4.78, 5) is 36.0. The van der Waals surface area contributed by atoms with Crippen molar-refractivity contribution in [1.29, 1.82) is 0 Å². The van der Waals surface area contributed by atoms with E-state index in [-0.39, 0.29) is 32.0 Å². The number of rotatable bonds is 74. The van der Waals surface area contributed by atoms with Crippen molar-refractivity contribution in [1.82, 2.24) is 0 Å². The number of carbonyl (C=O) groups excluding carboxylic acids is 2. The molecule has 0 saturated carbocycles. The zero-order valence-electron chi connectivity index (χ0n) is 62.9. The van der Waals surface area contributed by atoms with Crippen molar-refractivity contribution in [2.45, 2.75) is 373 Å². The molecule has 0 radical (unpaired) electrons. The molecule has 0 bridgehead atoms. The number of hydrogen-bond acceptors (Lipinski definition) is 7. The average molecular weight is 1350 g/mol. The molecule has 2 unspecified atom stereocenters. The van der Waals surface area contributed by atoms with Crippen LogP contribution in [0.1, 0.15) is 367 Å². The van der Waals surface area contributed by atoms with Gasteiger partial charge in [-0.2, -0.15) is 0 Å². The first-order valence-electron chi connectivity index (χ1n) is 40.1. The topological polar surface area (TPSA) is 108 Å². The molecular weight excluding hydrogens is 1190 g/mol. The Labute approximate surface area is 588 Å². The largest absolute Gasteiger partial charge is 0.472 e. The minimum absolute atomic E-state index is 0.0259. The van der Waals surface area contributed by atoms with E-state index < -0.39 is 26.5 Å². The molecule has 0 aliphatic rings. The van der Waals surface area contributed by atoms with E-state index in [0.29, 0.717) is 17.4 Å². The number of hydrogen-bond donors (Lipinski definition) is 1. The van der Waals surface area contributed by atoms with Crippen LogP contribution in [0.15, 0.2) is 109 Å². The maximum Gasteiger partial charge on any atom is 0.472 e. The second kappa shape index (κ2) is 74.9. The summed E-state index contributed by atoms with van der Waals surface area (Å²) in [5.41, 5.74) is 0. The van der Waals surface area contributed by atoms with E-state index >= 15 is 0 Å². The van der Waals surface area contributed by atoms with Gasteiger partial charge in [-0.15, -0.1) is 0 Å². The van der Waals surface area contributed by atoms with E-state index in [4.69, 9.17) is 18.5 Å². The van der Waals surface area contributed by atoms with E-state index in [0.717, 1.165) is 103 Å². The van der Waals surface area contributed by atoms with E-state index in [9.17, 15) is 19.0 Å². The van der Waals surface area contributed by atoms with Crippen LogP contribution in [0.5, 0.6) is 0 Å². The van der Waals surface area contributed by atoms with Gasteiger partial charge in [-0.1, -0.05) is 380 Å². The van der Waals surface area contributed by atoms with Crippen LogP contribution in [0, 0.1) is 0 Å². The van der Waals surface area contributed by atoms with E-state index in [1.54, 1.807) is 0 Å². The van der Waals surface area contributed by atoms with Gasteiger partial charge in [-0.25, -0.2) is 4.57 Å². The molecule has 2 atom stereocenters. The number of ether oxygens (including phenoxy) is 2. The summed E-state index contributed by atoms with van der Waals surface area (Å²) in [6.07, 6.45) is 107. The molecule has 95 heavy (non-hydrogen) atoms. The van der Waals surface area contributed by atoms with Crippen molar-refractivity contribution < 1.29 is 42.1 Å². The Bertz CT molecular complexity index is 1970. The molecule has 0 saturated heterocycles. The number of phosphoric acid groups is 1.